The predicted octanol–water partition coefficient (Wildman–Crippen LogP) is 13.4. The fraction of sp³-hybridized carbons (Fsp3) is 0.0208. The van der Waals surface area contributed by atoms with Crippen molar-refractivity contribution in [3.05, 3.63) is 182 Å². The van der Waals surface area contributed by atoms with Crippen LogP contribution in [0.5, 0.6) is 0 Å². The number of fused-ring (bicyclic) bond motifs is 6. The first-order valence-corrected chi connectivity index (χ1v) is 16.8. The molecule has 0 unspecified atom stereocenters. The molecule has 0 fully saturated rings. The fourth-order valence-corrected chi connectivity index (χ4v) is 7.47. The minimum atomic E-state index is 0.968. The van der Waals surface area contributed by atoms with Gasteiger partial charge in [0.25, 0.3) is 0 Å². The van der Waals surface area contributed by atoms with E-state index in [9.17, 15) is 0 Å². The average molecular weight is 624 g/mol. The van der Waals surface area contributed by atoms with Gasteiger partial charge in [-0.3, -0.25) is 0 Å². The molecule has 49 heavy (non-hydrogen) atoms. The molecular weight excluding hydrogens is 591 g/mol. The number of benzene rings is 8. The Hall–Kier alpha value is -6.31. The van der Waals surface area contributed by atoms with Crippen LogP contribution in [0, 0.1) is 6.92 Å². The van der Waals surface area contributed by atoms with Gasteiger partial charge in [-0.2, -0.15) is 0 Å². The minimum absolute atomic E-state index is 0.968. The SMILES string of the molecule is C=C/C=C\c1cc(-c2c3ccccc3c(-c3ccc4ccccc4c3)c3ccc(-c4ccc5ccc6ccccc6c5n4)cc23)ccc1C. The van der Waals surface area contributed by atoms with Crippen molar-refractivity contribution in [3.63, 3.8) is 0 Å². The molecule has 1 heterocycles. The van der Waals surface area contributed by atoms with E-state index in [1.54, 1.807) is 0 Å². The van der Waals surface area contributed by atoms with Crippen LogP contribution in [0.4, 0.5) is 0 Å². The first-order chi connectivity index (χ1) is 24.2. The molecule has 0 aliphatic heterocycles. The summed E-state index contributed by atoms with van der Waals surface area (Å²) in [6.45, 7) is 6.07. The largest absolute Gasteiger partial charge is 0.247 e. The van der Waals surface area contributed by atoms with Gasteiger partial charge in [0.2, 0.25) is 0 Å². The van der Waals surface area contributed by atoms with E-state index in [1.807, 2.05) is 12.2 Å². The molecule has 9 rings (SSSR count). The summed E-state index contributed by atoms with van der Waals surface area (Å²) in [7, 11) is 0. The van der Waals surface area contributed by atoms with Crippen molar-refractivity contribution in [1.82, 2.24) is 4.98 Å². The Balaban J connectivity index is 1.37. The number of hydrogen-bond donors (Lipinski definition) is 0. The number of rotatable bonds is 5. The maximum Gasteiger partial charge on any atom is 0.0787 e. The van der Waals surface area contributed by atoms with Gasteiger partial charge in [0.15, 0.2) is 0 Å². The maximum absolute atomic E-state index is 5.30. The van der Waals surface area contributed by atoms with E-state index in [0.29, 0.717) is 0 Å². The molecule has 0 saturated carbocycles. The fourth-order valence-electron chi connectivity index (χ4n) is 7.47. The Morgan fingerprint density at radius 1 is 0.469 bits per heavy atom. The summed E-state index contributed by atoms with van der Waals surface area (Å²) in [5.41, 5.74) is 10.4. The molecule has 0 spiro atoms. The van der Waals surface area contributed by atoms with Crippen LogP contribution in [0.25, 0.3) is 93.6 Å². The molecule has 1 aromatic heterocycles. The van der Waals surface area contributed by atoms with Crippen LogP contribution in [0.3, 0.4) is 0 Å². The lowest BCUT2D eigenvalue weighted by molar-refractivity contribution is 1.41. The average Bonchev–Trinajstić information content (AvgIpc) is 3.16. The summed E-state index contributed by atoms with van der Waals surface area (Å²) in [5.74, 6) is 0. The molecule has 0 atom stereocenters. The summed E-state index contributed by atoms with van der Waals surface area (Å²) in [5, 5.41) is 10.9. The summed E-state index contributed by atoms with van der Waals surface area (Å²) in [6, 6.07) is 55.3. The second-order valence-corrected chi connectivity index (χ2v) is 12.8. The number of nitrogens with zero attached hydrogens (tertiary/aromatic N) is 1. The summed E-state index contributed by atoms with van der Waals surface area (Å²) in [6.07, 6.45) is 5.99. The van der Waals surface area contributed by atoms with Crippen molar-refractivity contribution in [2.75, 3.05) is 0 Å². The molecule has 0 aliphatic rings. The van der Waals surface area contributed by atoms with Gasteiger partial charge >= 0.3 is 0 Å². The second-order valence-electron chi connectivity index (χ2n) is 12.8. The molecule has 230 valence electrons. The normalized spacial score (nSPS) is 11.8. The summed E-state index contributed by atoms with van der Waals surface area (Å²) in [4.78, 5) is 5.30. The lowest BCUT2D eigenvalue weighted by Crippen LogP contribution is -1.93. The van der Waals surface area contributed by atoms with Crippen LogP contribution in [-0.4, -0.2) is 4.98 Å². The zero-order valence-electron chi connectivity index (χ0n) is 27.3. The molecule has 9 aromatic rings. The van der Waals surface area contributed by atoms with Gasteiger partial charge in [-0.05, 0) is 102 Å². The van der Waals surface area contributed by atoms with Crippen LogP contribution in [0.2, 0.25) is 0 Å². The van der Waals surface area contributed by atoms with Gasteiger partial charge in [-0.1, -0.05) is 152 Å². The van der Waals surface area contributed by atoms with Crippen molar-refractivity contribution >= 4 is 60.1 Å². The molecule has 1 nitrogen and oxygen atoms in total. The van der Waals surface area contributed by atoms with E-state index < -0.39 is 0 Å². The first kappa shape index (κ1) is 28.9. The molecule has 0 radical (unpaired) electrons. The Morgan fingerprint density at radius 3 is 1.88 bits per heavy atom. The topological polar surface area (TPSA) is 12.9 Å². The highest BCUT2D eigenvalue weighted by Gasteiger charge is 2.19. The lowest BCUT2D eigenvalue weighted by Gasteiger charge is -2.19. The van der Waals surface area contributed by atoms with E-state index in [2.05, 4.69) is 171 Å². The third kappa shape index (κ3) is 4.91. The highest BCUT2D eigenvalue weighted by atomic mass is 14.7. The van der Waals surface area contributed by atoms with Crippen LogP contribution in [0.15, 0.2) is 170 Å². The third-order valence-electron chi connectivity index (χ3n) is 9.92. The molecular formula is C48H33N. The van der Waals surface area contributed by atoms with Crippen molar-refractivity contribution in [3.8, 4) is 33.5 Å². The highest BCUT2D eigenvalue weighted by molar-refractivity contribution is 6.22. The molecule has 1 heteroatoms. The van der Waals surface area contributed by atoms with E-state index in [4.69, 9.17) is 4.98 Å². The number of pyridine rings is 1. The molecule has 0 amide bonds. The number of hydrogen-bond acceptors (Lipinski definition) is 1. The van der Waals surface area contributed by atoms with E-state index in [1.165, 1.54) is 76.5 Å². The van der Waals surface area contributed by atoms with Gasteiger partial charge in [0.05, 0.1) is 11.2 Å². The second kappa shape index (κ2) is 11.7. The molecule has 0 N–H and O–H groups in total. The smallest absolute Gasteiger partial charge is 0.0787 e. The van der Waals surface area contributed by atoms with Gasteiger partial charge in [0.1, 0.15) is 0 Å². The first-order valence-electron chi connectivity index (χ1n) is 16.8. The van der Waals surface area contributed by atoms with Crippen molar-refractivity contribution < 1.29 is 0 Å². The van der Waals surface area contributed by atoms with Gasteiger partial charge < -0.3 is 0 Å². The van der Waals surface area contributed by atoms with E-state index >= 15 is 0 Å². The van der Waals surface area contributed by atoms with Crippen molar-refractivity contribution in [2.24, 2.45) is 0 Å². The molecule has 0 bridgehead atoms. The third-order valence-corrected chi connectivity index (χ3v) is 9.92. The van der Waals surface area contributed by atoms with E-state index in [0.717, 1.165) is 22.2 Å². The highest BCUT2D eigenvalue weighted by Crippen LogP contribution is 2.45. The van der Waals surface area contributed by atoms with Crippen LogP contribution in [-0.2, 0) is 0 Å². The zero-order chi connectivity index (χ0) is 32.9. The van der Waals surface area contributed by atoms with Crippen molar-refractivity contribution in [1.29, 1.82) is 0 Å². The van der Waals surface area contributed by atoms with Gasteiger partial charge in [-0.25, -0.2) is 4.98 Å². The number of aromatic nitrogens is 1. The standard InChI is InChI=1S/C48H33N/c1-3-4-11-35-28-38(19-18-31(35)2)47-42-17-10-9-16-41(42)46(39-23-20-32-12-5-6-14-36(32)29-39)43-26-24-37(30-44(43)47)45-27-25-34-22-21-33-13-7-8-15-40(33)48(34)49-45/h3-30H,1H2,2H3/b11-4-. The monoisotopic (exact) mass is 623 g/mol. The van der Waals surface area contributed by atoms with Gasteiger partial charge in [0, 0.05) is 16.3 Å². The van der Waals surface area contributed by atoms with Crippen molar-refractivity contribution in [2.45, 2.75) is 6.92 Å². The maximum atomic E-state index is 5.30. The Labute approximate surface area is 286 Å². The quantitative estimate of drug-likeness (QED) is 0.106. The number of aryl methyl sites for hydroxylation is 1. The summed E-state index contributed by atoms with van der Waals surface area (Å²) < 4.78 is 0. The van der Waals surface area contributed by atoms with Crippen LogP contribution in [0.1, 0.15) is 11.1 Å². The Bertz CT molecular complexity index is 2800. The van der Waals surface area contributed by atoms with Crippen LogP contribution < -0.4 is 0 Å². The van der Waals surface area contributed by atoms with E-state index in [-0.39, 0.29) is 0 Å². The Kier molecular flexibility index (Phi) is 6.92. The molecule has 8 aromatic carbocycles. The van der Waals surface area contributed by atoms with Gasteiger partial charge in [-0.15, -0.1) is 0 Å². The zero-order valence-corrected chi connectivity index (χ0v) is 27.3. The predicted molar refractivity (Wildman–Crippen MR) is 212 cm³/mol. The molecule has 0 saturated heterocycles. The van der Waals surface area contributed by atoms with Crippen LogP contribution >= 0.6 is 0 Å². The minimum Gasteiger partial charge on any atom is -0.247 e. The lowest BCUT2D eigenvalue weighted by atomic mass is 9.84. The molecule has 0 aliphatic carbocycles. The summed E-state index contributed by atoms with van der Waals surface area (Å²) >= 11 is 0. The number of allylic oxidation sites excluding steroid dienone is 2. The Morgan fingerprint density at radius 2 is 1.06 bits per heavy atom.